The van der Waals surface area contributed by atoms with Crippen LogP contribution in [0.1, 0.15) is 6.42 Å². The molecule has 1 aliphatic heterocycles. The van der Waals surface area contributed by atoms with Crippen LogP contribution in [0.5, 0.6) is 0 Å². The molecule has 6 nitrogen and oxygen atoms in total. The van der Waals surface area contributed by atoms with Crippen LogP contribution in [0.2, 0.25) is 0 Å². The van der Waals surface area contributed by atoms with Crippen molar-refractivity contribution >= 4 is 11.9 Å². The molecule has 0 bridgehead atoms. The van der Waals surface area contributed by atoms with Crippen LogP contribution in [-0.2, 0) is 19.1 Å². The summed E-state index contributed by atoms with van der Waals surface area (Å²) in [5.74, 6) is -2.51. The third kappa shape index (κ3) is 2.43. The van der Waals surface area contributed by atoms with Gasteiger partial charge in [-0.1, -0.05) is 0 Å². The number of carbonyl (C=O) groups excluding carboxylic acids is 1. The fourth-order valence-corrected chi connectivity index (χ4v) is 1.28. The minimum absolute atomic E-state index is 0.161. The van der Waals surface area contributed by atoms with E-state index in [9.17, 15) is 9.59 Å². The van der Waals surface area contributed by atoms with E-state index in [1.54, 1.807) is 0 Å². The number of hydrogen-bond acceptors (Lipinski definition) is 4. The van der Waals surface area contributed by atoms with E-state index < -0.39 is 17.5 Å². The normalized spacial score (nSPS) is 26.1. The van der Waals surface area contributed by atoms with Crippen LogP contribution in [0, 0.1) is 0 Å². The minimum atomic E-state index is -1.49. The Morgan fingerprint density at radius 3 is 2.79 bits per heavy atom. The number of aliphatic carboxylic acids is 1. The number of carboxylic acid groups (broad SMARTS) is 1. The summed E-state index contributed by atoms with van der Waals surface area (Å²) in [7, 11) is 1.52. The Morgan fingerprint density at radius 2 is 2.36 bits per heavy atom. The summed E-state index contributed by atoms with van der Waals surface area (Å²) in [6, 6.07) is 0. The molecule has 1 saturated heterocycles. The zero-order valence-corrected chi connectivity index (χ0v) is 7.91. The summed E-state index contributed by atoms with van der Waals surface area (Å²) >= 11 is 0. The number of carboxylic acids is 1. The Morgan fingerprint density at radius 1 is 1.64 bits per heavy atom. The van der Waals surface area contributed by atoms with E-state index in [-0.39, 0.29) is 6.54 Å². The fraction of sp³-hybridized carbons (Fsp3) is 0.750. The van der Waals surface area contributed by atoms with E-state index in [0.29, 0.717) is 19.6 Å². The van der Waals surface area contributed by atoms with Gasteiger partial charge in [0.15, 0.2) is 0 Å². The highest BCUT2D eigenvalue weighted by Gasteiger charge is 2.35. The highest BCUT2D eigenvalue weighted by molar-refractivity contribution is 6.31. The second kappa shape index (κ2) is 4.39. The number of amides is 1. The topological polar surface area (TPSA) is 84.9 Å². The Kier molecular flexibility index (Phi) is 3.43. The predicted octanol–water partition coefficient (Wildman–Crippen LogP) is -1.01. The van der Waals surface area contributed by atoms with Gasteiger partial charge < -0.3 is 19.9 Å². The van der Waals surface area contributed by atoms with Gasteiger partial charge in [-0.05, 0) is 0 Å². The molecule has 80 valence electrons. The average molecular weight is 203 g/mol. The van der Waals surface area contributed by atoms with Crippen molar-refractivity contribution in [2.24, 2.45) is 0 Å². The number of hydrogen-bond donors (Lipinski definition) is 2. The third-order valence-corrected chi connectivity index (χ3v) is 2.27. The number of nitrogens with one attached hydrogen (secondary N) is 1. The molecule has 0 aliphatic carbocycles. The first kappa shape index (κ1) is 10.9. The lowest BCUT2D eigenvalue weighted by Gasteiger charge is -2.25. The lowest BCUT2D eigenvalue weighted by molar-refractivity contribution is -0.150. The lowest BCUT2D eigenvalue weighted by Crippen LogP contribution is -2.46. The van der Waals surface area contributed by atoms with E-state index in [4.69, 9.17) is 14.6 Å². The maximum Gasteiger partial charge on any atom is 0.394 e. The van der Waals surface area contributed by atoms with Crippen molar-refractivity contribution < 1.29 is 24.2 Å². The monoisotopic (exact) mass is 203 g/mol. The van der Waals surface area contributed by atoms with E-state index in [0.717, 1.165) is 0 Å². The van der Waals surface area contributed by atoms with Crippen molar-refractivity contribution in [1.29, 1.82) is 0 Å². The molecular formula is C8H13NO5. The summed E-state index contributed by atoms with van der Waals surface area (Å²) in [6.45, 7) is 1.11. The Labute approximate surface area is 81.2 Å². The predicted molar refractivity (Wildman–Crippen MR) is 45.8 cm³/mol. The second-order valence-electron chi connectivity index (χ2n) is 3.18. The highest BCUT2D eigenvalue weighted by atomic mass is 16.5. The first-order chi connectivity index (χ1) is 6.59. The molecule has 1 amide bonds. The van der Waals surface area contributed by atoms with Crippen LogP contribution in [0.4, 0.5) is 0 Å². The molecule has 1 heterocycles. The minimum Gasteiger partial charge on any atom is -0.474 e. The van der Waals surface area contributed by atoms with Gasteiger partial charge in [-0.2, -0.15) is 0 Å². The molecule has 14 heavy (non-hydrogen) atoms. The van der Waals surface area contributed by atoms with Gasteiger partial charge in [-0.15, -0.1) is 0 Å². The van der Waals surface area contributed by atoms with Gasteiger partial charge in [0.05, 0.1) is 6.61 Å². The van der Waals surface area contributed by atoms with Crippen LogP contribution in [0.25, 0.3) is 0 Å². The Hall–Kier alpha value is -1.14. The van der Waals surface area contributed by atoms with Crippen LogP contribution in [0.15, 0.2) is 0 Å². The van der Waals surface area contributed by atoms with Crippen molar-refractivity contribution in [2.45, 2.75) is 12.0 Å². The molecule has 0 spiro atoms. The van der Waals surface area contributed by atoms with E-state index in [1.807, 2.05) is 0 Å². The van der Waals surface area contributed by atoms with Crippen molar-refractivity contribution in [3.63, 3.8) is 0 Å². The van der Waals surface area contributed by atoms with Gasteiger partial charge in [0.1, 0.15) is 5.60 Å². The van der Waals surface area contributed by atoms with Crippen LogP contribution >= 0.6 is 0 Å². The summed E-state index contributed by atoms with van der Waals surface area (Å²) in [6.07, 6.45) is 0.656. The summed E-state index contributed by atoms with van der Waals surface area (Å²) in [4.78, 5) is 21.0. The van der Waals surface area contributed by atoms with Crippen LogP contribution in [-0.4, -0.2) is 49.5 Å². The summed E-state index contributed by atoms with van der Waals surface area (Å²) in [5.41, 5.74) is -0.564. The van der Waals surface area contributed by atoms with Crippen LogP contribution in [0.3, 0.4) is 0 Å². The van der Waals surface area contributed by atoms with Gasteiger partial charge in [0, 0.05) is 26.7 Å². The second-order valence-corrected chi connectivity index (χ2v) is 3.18. The highest BCUT2D eigenvalue weighted by Crippen LogP contribution is 2.21. The van der Waals surface area contributed by atoms with Gasteiger partial charge in [-0.3, -0.25) is 4.79 Å². The first-order valence-electron chi connectivity index (χ1n) is 4.24. The van der Waals surface area contributed by atoms with Crippen LogP contribution < -0.4 is 5.32 Å². The smallest absolute Gasteiger partial charge is 0.394 e. The molecule has 1 rings (SSSR count). The maximum atomic E-state index is 10.8. The molecule has 0 aromatic heterocycles. The molecule has 1 fully saturated rings. The SMILES string of the molecule is COC1(CNC(=O)C(=O)O)CCOC1. The number of rotatable bonds is 3. The average Bonchev–Trinajstić information content (AvgIpc) is 2.63. The van der Waals surface area contributed by atoms with E-state index >= 15 is 0 Å². The lowest BCUT2D eigenvalue weighted by atomic mass is 10.0. The zero-order valence-electron chi connectivity index (χ0n) is 7.91. The standard InChI is InChI=1S/C8H13NO5/c1-13-8(2-3-14-5-8)4-9-6(10)7(11)12/h2-5H2,1H3,(H,9,10)(H,11,12). The molecule has 0 aromatic carbocycles. The first-order valence-corrected chi connectivity index (χ1v) is 4.24. The van der Waals surface area contributed by atoms with Crippen molar-refractivity contribution in [2.75, 3.05) is 26.9 Å². The Bertz CT molecular complexity index is 234. The van der Waals surface area contributed by atoms with Crippen molar-refractivity contribution in [3.8, 4) is 0 Å². The Balaban J connectivity index is 2.42. The van der Waals surface area contributed by atoms with Crippen molar-refractivity contribution in [3.05, 3.63) is 0 Å². The number of carbonyl (C=O) groups is 2. The molecule has 0 saturated carbocycles. The zero-order chi connectivity index (χ0) is 10.6. The van der Waals surface area contributed by atoms with E-state index in [2.05, 4.69) is 5.32 Å². The molecule has 2 N–H and O–H groups in total. The third-order valence-electron chi connectivity index (χ3n) is 2.27. The molecular weight excluding hydrogens is 190 g/mol. The fourth-order valence-electron chi connectivity index (χ4n) is 1.28. The molecule has 1 unspecified atom stereocenters. The van der Waals surface area contributed by atoms with Gasteiger partial charge in [0.2, 0.25) is 0 Å². The van der Waals surface area contributed by atoms with Gasteiger partial charge in [0.25, 0.3) is 0 Å². The summed E-state index contributed by atoms with van der Waals surface area (Å²) in [5, 5.41) is 10.6. The largest absolute Gasteiger partial charge is 0.474 e. The van der Waals surface area contributed by atoms with E-state index in [1.165, 1.54) is 7.11 Å². The van der Waals surface area contributed by atoms with Crippen molar-refractivity contribution in [1.82, 2.24) is 5.32 Å². The quantitative estimate of drug-likeness (QED) is 0.574. The van der Waals surface area contributed by atoms with Gasteiger partial charge >= 0.3 is 11.9 Å². The number of ether oxygens (including phenoxy) is 2. The number of methoxy groups -OCH3 is 1. The molecule has 0 aromatic rings. The molecule has 0 radical (unpaired) electrons. The molecule has 1 atom stereocenters. The molecule has 6 heteroatoms. The van der Waals surface area contributed by atoms with Gasteiger partial charge in [-0.25, -0.2) is 4.79 Å². The summed E-state index contributed by atoms with van der Waals surface area (Å²) < 4.78 is 10.3. The maximum absolute atomic E-state index is 10.8. The molecule has 1 aliphatic rings.